The fraction of sp³-hybridized carbons (Fsp3) is 0.500. The first-order chi connectivity index (χ1) is 11.6. The third kappa shape index (κ3) is 5.49. The van der Waals surface area contributed by atoms with Crippen LogP contribution in [-0.4, -0.2) is 5.97 Å². The molecule has 0 unspecified atom stereocenters. The lowest BCUT2D eigenvalue weighted by atomic mass is 9.82. The molecule has 0 heterocycles. The van der Waals surface area contributed by atoms with Gasteiger partial charge < -0.3 is 4.74 Å². The first kappa shape index (κ1) is 18.2. The number of carbonyl (C=O) groups excluding carboxylic acids is 1. The lowest BCUT2D eigenvalue weighted by Gasteiger charge is -2.25. The van der Waals surface area contributed by atoms with Gasteiger partial charge in [-0.15, -0.1) is 0 Å². The Morgan fingerprint density at radius 2 is 1.96 bits per heavy atom. The van der Waals surface area contributed by atoms with Gasteiger partial charge in [-0.05, 0) is 68.2 Å². The van der Waals surface area contributed by atoms with Crippen LogP contribution in [-0.2, 0) is 11.2 Å². The number of aryl methyl sites for hydroxylation is 1. The summed E-state index contributed by atoms with van der Waals surface area (Å²) in [6.45, 7) is 2.16. The Balaban J connectivity index is 1.82. The van der Waals surface area contributed by atoms with E-state index in [0.717, 1.165) is 19.3 Å². The summed E-state index contributed by atoms with van der Waals surface area (Å²) in [5.41, 5.74) is 1.25. The molecule has 0 radical (unpaired) electrons. The van der Waals surface area contributed by atoms with Gasteiger partial charge in [0.1, 0.15) is 11.8 Å². The van der Waals surface area contributed by atoms with Gasteiger partial charge in [0.05, 0.1) is 5.92 Å². The van der Waals surface area contributed by atoms with Crippen LogP contribution in [0, 0.1) is 23.2 Å². The second kappa shape index (κ2) is 9.22. The van der Waals surface area contributed by atoms with E-state index in [1.54, 1.807) is 0 Å². The summed E-state index contributed by atoms with van der Waals surface area (Å²) in [4.78, 5) is 12.2. The zero-order chi connectivity index (χ0) is 17.4. The smallest absolute Gasteiger partial charge is 0.314 e. The van der Waals surface area contributed by atoms with Gasteiger partial charge in [-0.1, -0.05) is 25.5 Å². The highest BCUT2D eigenvalue weighted by atomic mass is 19.1. The van der Waals surface area contributed by atoms with Crippen molar-refractivity contribution in [3.63, 3.8) is 0 Å². The minimum absolute atomic E-state index is 0.0477. The monoisotopic (exact) mass is 329 g/mol. The van der Waals surface area contributed by atoms with E-state index in [-0.39, 0.29) is 17.8 Å². The van der Waals surface area contributed by atoms with Gasteiger partial charge in [-0.2, -0.15) is 9.65 Å². The van der Waals surface area contributed by atoms with Crippen LogP contribution in [0.4, 0.5) is 4.39 Å². The second-order valence-corrected chi connectivity index (χ2v) is 6.41. The normalized spacial score (nSPS) is 21.1. The molecule has 0 atom stereocenters. The highest BCUT2D eigenvalue weighted by Gasteiger charge is 2.27. The Morgan fingerprint density at radius 1 is 1.29 bits per heavy atom. The molecular formula is C20H24FNO2. The Morgan fingerprint density at radius 3 is 2.54 bits per heavy atom. The summed E-state index contributed by atoms with van der Waals surface area (Å²) in [5.74, 6) is -0.451. The summed E-state index contributed by atoms with van der Waals surface area (Å²) in [7, 11) is 0. The molecule has 0 aromatic heterocycles. The number of nitriles is 1. The Kier molecular flexibility index (Phi) is 6.99. The number of allylic oxidation sites excluding steroid dienone is 2. The van der Waals surface area contributed by atoms with Crippen molar-refractivity contribution in [3.8, 4) is 11.8 Å². The zero-order valence-electron chi connectivity index (χ0n) is 14.1. The van der Waals surface area contributed by atoms with Crippen LogP contribution in [0.3, 0.4) is 0 Å². The van der Waals surface area contributed by atoms with Crippen molar-refractivity contribution < 1.29 is 13.9 Å². The number of halogens is 1. The van der Waals surface area contributed by atoms with Gasteiger partial charge in [0, 0.05) is 0 Å². The van der Waals surface area contributed by atoms with Crippen LogP contribution in [0.5, 0.6) is 5.75 Å². The van der Waals surface area contributed by atoms with E-state index in [0.29, 0.717) is 31.4 Å². The van der Waals surface area contributed by atoms with Crippen LogP contribution in [0.25, 0.3) is 0 Å². The van der Waals surface area contributed by atoms with Gasteiger partial charge in [-0.3, -0.25) is 4.79 Å². The Hall–Kier alpha value is -2.15. The van der Waals surface area contributed by atoms with E-state index >= 15 is 0 Å². The molecule has 0 amide bonds. The van der Waals surface area contributed by atoms with Crippen LogP contribution in [0.2, 0.25) is 0 Å². The summed E-state index contributed by atoms with van der Waals surface area (Å²) in [6.07, 6.45) is 7.50. The number of hydrogen-bond donors (Lipinski definition) is 0. The molecule has 0 N–H and O–H groups in total. The average Bonchev–Trinajstić information content (AvgIpc) is 2.61. The summed E-state index contributed by atoms with van der Waals surface area (Å²) in [5, 5.41) is 8.47. The first-order valence-corrected chi connectivity index (χ1v) is 8.70. The van der Waals surface area contributed by atoms with E-state index in [4.69, 9.17) is 10.00 Å². The number of hydrogen-bond acceptors (Lipinski definition) is 3. The molecule has 4 heteroatoms. The highest BCUT2D eigenvalue weighted by molar-refractivity contribution is 5.75. The third-order valence-corrected chi connectivity index (χ3v) is 4.55. The van der Waals surface area contributed by atoms with Crippen molar-refractivity contribution in [2.45, 2.75) is 51.9 Å². The summed E-state index contributed by atoms with van der Waals surface area (Å²) < 4.78 is 18.4. The second-order valence-electron chi connectivity index (χ2n) is 6.41. The number of esters is 1. The van der Waals surface area contributed by atoms with Crippen molar-refractivity contribution in [1.29, 1.82) is 5.26 Å². The molecule has 1 aromatic carbocycles. The average molecular weight is 329 g/mol. The molecule has 1 fully saturated rings. The molecule has 0 aliphatic heterocycles. The number of benzene rings is 1. The van der Waals surface area contributed by atoms with Gasteiger partial charge in [0.25, 0.3) is 0 Å². The van der Waals surface area contributed by atoms with Gasteiger partial charge in [0.2, 0.25) is 0 Å². The lowest BCUT2D eigenvalue weighted by molar-refractivity contribution is -0.140. The molecule has 1 aliphatic carbocycles. The molecule has 0 saturated heterocycles. The number of nitrogens with zero attached hydrogens (tertiary/aromatic N) is 1. The van der Waals surface area contributed by atoms with Crippen molar-refractivity contribution in [1.82, 2.24) is 0 Å². The van der Waals surface area contributed by atoms with Crippen molar-refractivity contribution >= 4 is 5.97 Å². The molecule has 1 aromatic rings. The molecule has 128 valence electrons. The third-order valence-electron chi connectivity index (χ3n) is 4.55. The molecular weight excluding hydrogens is 305 g/mol. The van der Waals surface area contributed by atoms with E-state index in [1.807, 2.05) is 24.3 Å². The van der Waals surface area contributed by atoms with Crippen molar-refractivity contribution in [2.24, 2.45) is 11.8 Å². The molecule has 3 nitrogen and oxygen atoms in total. The van der Waals surface area contributed by atoms with E-state index in [1.165, 1.54) is 17.7 Å². The van der Waals surface area contributed by atoms with Crippen molar-refractivity contribution in [3.05, 3.63) is 41.7 Å². The van der Waals surface area contributed by atoms with Crippen LogP contribution >= 0.6 is 0 Å². The number of ether oxygens (including phenoxy) is 1. The minimum Gasteiger partial charge on any atom is -0.426 e. The molecule has 1 aliphatic rings. The maximum Gasteiger partial charge on any atom is 0.314 e. The molecule has 24 heavy (non-hydrogen) atoms. The molecule has 1 saturated carbocycles. The predicted molar refractivity (Wildman–Crippen MR) is 90.9 cm³/mol. The molecule has 0 spiro atoms. The van der Waals surface area contributed by atoms with E-state index in [2.05, 4.69) is 6.92 Å². The maximum absolute atomic E-state index is 13.0. The highest BCUT2D eigenvalue weighted by Crippen LogP contribution is 2.31. The molecule has 0 bridgehead atoms. The maximum atomic E-state index is 13.0. The van der Waals surface area contributed by atoms with Crippen molar-refractivity contribution in [2.75, 3.05) is 0 Å². The number of unbranched alkanes of at least 4 members (excludes halogenated alkanes) is 1. The number of carbonyl (C=O) groups is 1. The van der Waals surface area contributed by atoms with Gasteiger partial charge in [-0.25, -0.2) is 0 Å². The van der Waals surface area contributed by atoms with Crippen LogP contribution in [0.15, 0.2) is 36.2 Å². The SMILES string of the molecule is CCCCc1ccc(OC(=O)C2CCC(C=C(F)C#N)CC2)cc1. The summed E-state index contributed by atoms with van der Waals surface area (Å²) >= 11 is 0. The fourth-order valence-corrected chi connectivity index (χ4v) is 3.07. The minimum atomic E-state index is -0.732. The Labute approximate surface area is 143 Å². The van der Waals surface area contributed by atoms with E-state index in [9.17, 15) is 9.18 Å². The standard InChI is InChI=1S/C20H24FNO2/c1-2-3-4-15-7-11-19(12-8-15)24-20(23)17-9-5-16(6-10-17)13-18(21)14-22/h7-8,11-13,16-17H,2-6,9-10H2,1H3. The first-order valence-electron chi connectivity index (χ1n) is 8.70. The zero-order valence-corrected chi connectivity index (χ0v) is 14.1. The Bertz CT molecular complexity index is 608. The predicted octanol–water partition coefficient (Wildman–Crippen LogP) is 5.12. The summed E-state index contributed by atoms with van der Waals surface area (Å²) in [6, 6.07) is 9.20. The quantitative estimate of drug-likeness (QED) is 0.413. The molecule has 2 rings (SSSR count). The van der Waals surface area contributed by atoms with Crippen LogP contribution in [0.1, 0.15) is 51.0 Å². The van der Waals surface area contributed by atoms with Gasteiger partial charge >= 0.3 is 5.97 Å². The largest absolute Gasteiger partial charge is 0.426 e. The fourth-order valence-electron chi connectivity index (χ4n) is 3.07. The lowest BCUT2D eigenvalue weighted by Crippen LogP contribution is -2.25. The van der Waals surface area contributed by atoms with Crippen LogP contribution < -0.4 is 4.74 Å². The topological polar surface area (TPSA) is 50.1 Å². The van der Waals surface area contributed by atoms with Gasteiger partial charge in [0.15, 0.2) is 5.83 Å². The number of rotatable bonds is 6. The van der Waals surface area contributed by atoms with E-state index < -0.39 is 5.83 Å².